The summed E-state index contributed by atoms with van der Waals surface area (Å²) >= 11 is 0. The number of hydrogen-bond donors (Lipinski definition) is 2. The van der Waals surface area contributed by atoms with E-state index >= 15 is 0 Å². The molecule has 1 heterocycles. The van der Waals surface area contributed by atoms with Crippen molar-refractivity contribution in [3.05, 3.63) is 0 Å². The van der Waals surface area contributed by atoms with Gasteiger partial charge in [0.25, 0.3) is 0 Å². The van der Waals surface area contributed by atoms with Crippen LogP contribution in [-0.2, 0) is 4.79 Å². The number of carbonyl (C=O) groups excluding carboxylic acids is 1. The van der Waals surface area contributed by atoms with Crippen molar-refractivity contribution in [1.82, 2.24) is 10.2 Å². The number of piperidine rings is 1. The molecule has 0 aromatic heterocycles. The molecule has 0 aliphatic carbocycles. The van der Waals surface area contributed by atoms with Crippen molar-refractivity contribution in [2.24, 2.45) is 0 Å². The van der Waals surface area contributed by atoms with E-state index in [0.717, 1.165) is 38.8 Å². The highest BCUT2D eigenvalue weighted by atomic mass is 16.2. The Morgan fingerprint density at radius 2 is 2.00 bits per heavy atom. The molecule has 0 spiro atoms. The predicted molar refractivity (Wildman–Crippen MR) is 73.4 cm³/mol. The Balaban J connectivity index is 2.09. The number of rotatable bonds is 8. The highest BCUT2D eigenvalue weighted by molar-refractivity contribution is 5.76. The summed E-state index contributed by atoms with van der Waals surface area (Å²) in [6.07, 6.45) is 6.75. The molecule has 4 nitrogen and oxygen atoms in total. The zero-order valence-electron chi connectivity index (χ0n) is 11.7. The number of aliphatic hydroxyl groups is 1. The molecule has 1 rings (SSSR count). The maximum atomic E-state index is 11.6. The molecule has 1 aliphatic heterocycles. The van der Waals surface area contributed by atoms with Gasteiger partial charge in [0.15, 0.2) is 0 Å². The second kappa shape index (κ2) is 9.34. The summed E-state index contributed by atoms with van der Waals surface area (Å²) in [5.41, 5.74) is 0. The number of nitrogens with one attached hydrogen (secondary N) is 1. The third-order valence-electron chi connectivity index (χ3n) is 3.59. The number of likely N-dealkylation sites (tertiary alicyclic amines) is 1. The highest BCUT2D eigenvalue weighted by Gasteiger charge is 2.19. The molecule has 0 aromatic rings. The second-order valence-electron chi connectivity index (χ2n) is 5.22. The van der Waals surface area contributed by atoms with Crippen LogP contribution in [0.5, 0.6) is 0 Å². The summed E-state index contributed by atoms with van der Waals surface area (Å²) in [6, 6.07) is 0.365. The highest BCUT2D eigenvalue weighted by Crippen LogP contribution is 2.11. The second-order valence-corrected chi connectivity index (χ2v) is 5.22. The summed E-state index contributed by atoms with van der Waals surface area (Å²) in [4.78, 5) is 14.1. The van der Waals surface area contributed by atoms with Crippen LogP contribution in [0, 0.1) is 0 Å². The van der Waals surface area contributed by atoms with E-state index in [9.17, 15) is 4.79 Å². The Kier molecular flexibility index (Phi) is 8.01. The minimum Gasteiger partial charge on any atom is -0.396 e. The molecule has 18 heavy (non-hydrogen) atoms. The van der Waals surface area contributed by atoms with Gasteiger partial charge in [0, 0.05) is 32.2 Å². The lowest BCUT2D eigenvalue weighted by Gasteiger charge is -2.32. The molecule has 0 aromatic carbocycles. The molecule has 0 unspecified atom stereocenters. The molecule has 106 valence electrons. The van der Waals surface area contributed by atoms with Gasteiger partial charge in [0.1, 0.15) is 0 Å². The number of hydrogen-bond acceptors (Lipinski definition) is 3. The van der Waals surface area contributed by atoms with E-state index in [-0.39, 0.29) is 12.5 Å². The van der Waals surface area contributed by atoms with Crippen molar-refractivity contribution in [3.63, 3.8) is 0 Å². The van der Waals surface area contributed by atoms with Crippen molar-refractivity contribution in [2.45, 2.75) is 57.9 Å². The number of carbonyl (C=O) groups is 1. The summed E-state index contributed by atoms with van der Waals surface area (Å²) in [5.74, 6) is 0.149. The van der Waals surface area contributed by atoms with Gasteiger partial charge in [-0.05, 0) is 38.6 Å². The number of aliphatic hydroxyl groups excluding tert-OH is 1. The smallest absolute Gasteiger partial charge is 0.220 e. The van der Waals surface area contributed by atoms with Gasteiger partial charge in [-0.15, -0.1) is 0 Å². The normalized spacial score (nSPS) is 17.9. The molecular formula is C14H28N2O2. The monoisotopic (exact) mass is 256 g/mol. The first-order valence-corrected chi connectivity index (χ1v) is 7.38. The van der Waals surface area contributed by atoms with Crippen molar-refractivity contribution >= 4 is 5.91 Å². The van der Waals surface area contributed by atoms with Gasteiger partial charge in [-0.3, -0.25) is 4.79 Å². The largest absolute Gasteiger partial charge is 0.396 e. The molecule has 0 atom stereocenters. The maximum Gasteiger partial charge on any atom is 0.220 e. The average molecular weight is 256 g/mol. The van der Waals surface area contributed by atoms with Crippen LogP contribution >= 0.6 is 0 Å². The van der Waals surface area contributed by atoms with Gasteiger partial charge in [0.05, 0.1) is 0 Å². The molecule has 2 N–H and O–H groups in total. The summed E-state index contributed by atoms with van der Waals surface area (Å²) in [6.45, 7) is 5.83. The van der Waals surface area contributed by atoms with Gasteiger partial charge in [0.2, 0.25) is 5.91 Å². The van der Waals surface area contributed by atoms with E-state index in [1.807, 2.05) is 0 Å². The fourth-order valence-corrected chi connectivity index (χ4v) is 2.38. The first kappa shape index (κ1) is 15.4. The first-order valence-electron chi connectivity index (χ1n) is 7.38. The van der Waals surface area contributed by atoms with Crippen molar-refractivity contribution < 1.29 is 9.90 Å². The number of unbranched alkanes of at least 4 members (excludes halogenated alkanes) is 2. The van der Waals surface area contributed by atoms with E-state index in [1.165, 1.54) is 19.4 Å². The number of amides is 1. The quantitative estimate of drug-likeness (QED) is 0.648. The molecule has 0 bridgehead atoms. The molecule has 0 saturated carbocycles. The van der Waals surface area contributed by atoms with Gasteiger partial charge < -0.3 is 15.3 Å². The van der Waals surface area contributed by atoms with Gasteiger partial charge in [-0.1, -0.05) is 13.3 Å². The summed E-state index contributed by atoms with van der Waals surface area (Å²) in [5, 5.41) is 11.8. The van der Waals surface area contributed by atoms with Crippen molar-refractivity contribution in [2.75, 3.05) is 26.2 Å². The van der Waals surface area contributed by atoms with E-state index in [4.69, 9.17) is 5.11 Å². The summed E-state index contributed by atoms with van der Waals surface area (Å²) in [7, 11) is 0. The van der Waals surface area contributed by atoms with Crippen LogP contribution in [0.25, 0.3) is 0 Å². The van der Waals surface area contributed by atoms with Gasteiger partial charge in [-0.2, -0.15) is 0 Å². The van der Waals surface area contributed by atoms with E-state index in [1.54, 1.807) is 0 Å². The van der Waals surface area contributed by atoms with Crippen LogP contribution < -0.4 is 5.32 Å². The average Bonchev–Trinajstić information content (AvgIpc) is 2.38. The third kappa shape index (κ3) is 6.36. The van der Waals surface area contributed by atoms with Crippen LogP contribution in [0.15, 0.2) is 0 Å². The lowest BCUT2D eigenvalue weighted by molar-refractivity contribution is -0.122. The Labute approximate surface area is 111 Å². The Morgan fingerprint density at radius 1 is 1.28 bits per heavy atom. The Hall–Kier alpha value is -0.610. The zero-order chi connectivity index (χ0) is 13.2. The Morgan fingerprint density at radius 3 is 2.61 bits per heavy atom. The van der Waals surface area contributed by atoms with Crippen LogP contribution in [0.1, 0.15) is 51.9 Å². The van der Waals surface area contributed by atoms with Crippen LogP contribution in [-0.4, -0.2) is 48.2 Å². The molecule has 1 saturated heterocycles. The van der Waals surface area contributed by atoms with Crippen LogP contribution in [0.4, 0.5) is 0 Å². The lowest BCUT2D eigenvalue weighted by atomic mass is 10.0. The minimum atomic E-state index is 0.149. The lowest BCUT2D eigenvalue weighted by Crippen LogP contribution is -2.44. The molecule has 1 aliphatic rings. The van der Waals surface area contributed by atoms with Crippen LogP contribution in [0.3, 0.4) is 0 Å². The molecular weight excluding hydrogens is 228 g/mol. The fraction of sp³-hybridized carbons (Fsp3) is 0.929. The third-order valence-corrected chi connectivity index (χ3v) is 3.59. The van der Waals surface area contributed by atoms with E-state index in [2.05, 4.69) is 17.1 Å². The predicted octanol–water partition coefficient (Wildman–Crippen LogP) is 1.53. The van der Waals surface area contributed by atoms with E-state index in [0.29, 0.717) is 12.5 Å². The standard InChI is InChI=1S/C14H28N2O2/c1-2-3-9-16-10-7-13(8-11-16)15-14(18)6-4-5-12-17/h13,17H,2-12H2,1H3,(H,15,18). The fourth-order valence-electron chi connectivity index (χ4n) is 2.38. The minimum absolute atomic E-state index is 0.149. The molecule has 1 fully saturated rings. The number of nitrogens with zero attached hydrogens (tertiary/aromatic N) is 1. The Bertz CT molecular complexity index is 226. The first-order chi connectivity index (χ1) is 8.76. The topological polar surface area (TPSA) is 52.6 Å². The van der Waals surface area contributed by atoms with Crippen molar-refractivity contribution in [1.29, 1.82) is 0 Å². The summed E-state index contributed by atoms with van der Waals surface area (Å²) < 4.78 is 0. The van der Waals surface area contributed by atoms with Crippen LogP contribution in [0.2, 0.25) is 0 Å². The van der Waals surface area contributed by atoms with Gasteiger partial charge >= 0.3 is 0 Å². The molecule has 4 heteroatoms. The maximum absolute atomic E-state index is 11.6. The molecule has 1 amide bonds. The van der Waals surface area contributed by atoms with Crippen molar-refractivity contribution in [3.8, 4) is 0 Å². The molecule has 0 radical (unpaired) electrons. The van der Waals surface area contributed by atoms with Gasteiger partial charge in [-0.25, -0.2) is 0 Å². The zero-order valence-corrected chi connectivity index (χ0v) is 11.7. The SMILES string of the molecule is CCCCN1CCC(NC(=O)CCCCO)CC1. The van der Waals surface area contributed by atoms with E-state index < -0.39 is 0 Å².